The highest BCUT2D eigenvalue weighted by Gasteiger charge is 2.26. The molecule has 0 aliphatic heterocycles. The van der Waals surface area contributed by atoms with Gasteiger partial charge in [0.2, 0.25) is 11.8 Å². The van der Waals surface area contributed by atoms with Gasteiger partial charge >= 0.3 is 5.97 Å². The first-order valence-corrected chi connectivity index (χ1v) is 19.9. The van der Waals surface area contributed by atoms with Crippen LogP contribution in [0.5, 0.6) is 5.75 Å². The molecule has 1 aromatic carbocycles. The third-order valence-electron chi connectivity index (χ3n) is 9.11. The summed E-state index contributed by atoms with van der Waals surface area (Å²) in [6.07, 6.45) is 21.0. The summed E-state index contributed by atoms with van der Waals surface area (Å²) < 4.78 is 5.55. The SMILES string of the molecule is CCCCCCNC(=O)CCCCCCCCCCC(N)=O.CCCN(CCc1cccs1)[C@@H]1CCc2c(cccc2OC(=O)CC)C1. The molecule has 8 heteroatoms. The van der Waals surface area contributed by atoms with E-state index in [4.69, 9.17) is 10.5 Å². The number of nitrogens with one attached hydrogen (secondary N) is 1. The average molecular weight is 684 g/mol. The molecule has 3 N–H and O–H groups in total. The van der Waals surface area contributed by atoms with E-state index in [9.17, 15) is 14.4 Å². The lowest BCUT2D eigenvalue weighted by Crippen LogP contribution is -2.41. The van der Waals surface area contributed by atoms with Crippen LogP contribution in [0.1, 0.15) is 146 Å². The zero-order chi connectivity index (χ0) is 34.8. The molecule has 1 heterocycles. The molecule has 270 valence electrons. The molecule has 0 unspecified atom stereocenters. The normalized spacial score (nSPS) is 13.8. The first-order valence-electron chi connectivity index (χ1n) is 19.0. The van der Waals surface area contributed by atoms with E-state index < -0.39 is 0 Å². The van der Waals surface area contributed by atoms with Crippen LogP contribution in [0.15, 0.2) is 35.7 Å². The zero-order valence-electron chi connectivity index (χ0n) is 30.4. The molecule has 0 saturated carbocycles. The van der Waals surface area contributed by atoms with Crippen molar-refractivity contribution in [3.05, 3.63) is 51.7 Å². The summed E-state index contributed by atoms with van der Waals surface area (Å²) in [6.45, 7) is 9.40. The Balaban J connectivity index is 0.000000340. The smallest absolute Gasteiger partial charge is 0.310 e. The van der Waals surface area contributed by atoms with Gasteiger partial charge in [-0.3, -0.25) is 19.3 Å². The van der Waals surface area contributed by atoms with Crippen LogP contribution in [0.3, 0.4) is 0 Å². The highest BCUT2D eigenvalue weighted by molar-refractivity contribution is 7.09. The van der Waals surface area contributed by atoms with Gasteiger partial charge < -0.3 is 15.8 Å². The zero-order valence-corrected chi connectivity index (χ0v) is 31.2. The Morgan fingerprint density at radius 3 is 2.21 bits per heavy atom. The first kappa shape index (κ1) is 41.5. The molecular formula is C40H65N3O4S. The summed E-state index contributed by atoms with van der Waals surface area (Å²) in [5.74, 6) is 0.643. The van der Waals surface area contributed by atoms with Crippen LogP contribution < -0.4 is 15.8 Å². The number of benzene rings is 1. The van der Waals surface area contributed by atoms with E-state index in [0.717, 1.165) is 83.2 Å². The molecule has 0 bridgehead atoms. The number of hydrogen-bond donors (Lipinski definition) is 2. The number of hydrogen-bond acceptors (Lipinski definition) is 6. The van der Waals surface area contributed by atoms with Crippen molar-refractivity contribution in [2.45, 2.75) is 155 Å². The molecule has 1 aliphatic carbocycles. The minimum Gasteiger partial charge on any atom is -0.426 e. The molecule has 1 aromatic heterocycles. The number of thiophene rings is 1. The third-order valence-corrected chi connectivity index (χ3v) is 10.0. The molecule has 1 aliphatic rings. The second-order valence-corrected chi connectivity index (χ2v) is 14.2. The van der Waals surface area contributed by atoms with Crippen molar-refractivity contribution >= 4 is 29.1 Å². The van der Waals surface area contributed by atoms with E-state index in [1.54, 1.807) is 0 Å². The summed E-state index contributed by atoms with van der Waals surface area (Å²) in [7, 11) is 0. The number of primary amides is 1. The number of nitrogens with zero attached hydrogens (tertiary/aromatic N) is 1. The Morgan fingerprint density at radius 1 is 0.854 bits per heavy atom. The van der Waals surface area contributed by atoms with Gasteiger partial charge in [-0.05, 0) is 86.6 Å². The summed E-state index contributed by atoms with van der Waals surface area (Å²) in [5.41, 5.74) is 7.68. The first-order chi connectivity index (χ1) is 23.4. The van der Waals surface area contributed by atoms with Gasteiger partial charge in [0.05, 0.1) is 0 Å². The topological polar surface area (TPSA) is 102 Å². The van der Waals surface area contributed by atoms with Gasteiger partial charge in [0, 0.05) is 43.3 Å². The van der Waals surface area contributed by atoms with Crippen LogP contribution in [0.2, 0.25) is 0 Å². The second-order valence-electron chi connectivity index (χ2n) is 13.2. The number of nitrogens with two attached hydrogens (primary N) is 1. The van der Waals surface area contributed by atoms with Crippen LogP contribution in [0.4, 0.5) is 0 Å². The largest absolute Gasteiger partial charge is 0.426 e. The molecule has 2 aromatic rings. The molecule has 0 fully saturated rings. The minimum absolute atomic E-state index is 0.149. The van der Waals surface area contributed by atoms with Crippen LogP contribution in [0, 0.1) is 0 Å². The molecule has 7 nitrogen and oxygen atoms in total. The lowest BCUT2D eigenvalue weighted by molar-refractivity contribution is -0.134. The highest BCUT2D eigenvalue weighted by Crippen LogP contribution is 2.32. The standard InChI is InChI=1S/C22H29NO2S.C18H36N2O2/c1-3-13-23(14-12-19-8-6-15-26-19)18-10-11-20-17(16-18)7-5-9-21(20)25-22(24)4-2;1-2-3-4-13-16-20-18(22)15-12-10-8-6-5-7-9-11-14-17(19)21/h5-9,15,18H,3-4,10-14,16H2,1-2H3;2-16H2,1H3,(H2,19,21)(H,20,22)/t18-;/m1./s1. The summed E-state index contributed by atoms with van der Waals surface area (Å²) in [4.78, 5) is 38.0. The van der Waals surface area contributed by atoms with Crippen molar-refractivity contribution in [2.24, 2.45) is 5.73 Å². The van der Waals surface area contributed by atoms with Gasteiger partial charge in [-0.1, -0.05) is 96.8 Å². The number of unbranched alkanes of at least 4 members (excludes halogenated alkanes) is 10. The van der Waals surface area contributed by atoms with Crippen molar-refractivity contribution < 1.29 is 19.1 Å². The fourth-order valence-corrected chi connectivity index (χ4v) is 7.04. The van der Waals surface area contributed by atoms with E-state index in [1.807, 2.05) is 30.4 Å². The fraction of sp³-hybridized carbons (Fsp3) is 0.675. The maximum atomic E-state index is 11.7. The van der Waals surface area contributed by atoms with E-state index >= 15 is 0 Å². The van der Waals surface area contributed by atoms with E-state index in [0.29, 0.717) is 25.3 Å². The molecule has 0 saturated heterocycles. The molecule has 48 heavy (non-hydrogen) atoms. The molecule has 3 rings (SSSR count). The van der Waals surface area contributed by atoms with Gasteiger partial charge in [0.25, 0.3) is 0 Å². The Bertz CT molecular complexity index is 1150. The third kappa shape index (κ3) is 18.2. The maximum Gasteiger partial charge on any atom is 0.310 e. The molecular weight excluding hydrogens is 619 g/mol. The van der Waals surface area contributed by atoms with Crippen LogP contribution in [-0.4, -0.2) is 48.4 Å². The van der Waals surface area contributed by atoms with Crippen molar-refractivity contribution in [1.82, 2.24) is 10.2 Å². The van der Waals surface area contributed by atoms with Crippen molar-refractivity contribution in [2.75, 3.05) is 19.6 Å². The monoisotopic (exact) mass is 683 g/mol. The predicted octanol–water partition coefficient (Wildman–Crippen LogP) is 8.94. The summed E-state index contributed by atoms with van der Waals surface area (Å²) in [6, 6.07) is 11.1. The lowest BCUT2D eigenvalue weighted by atomic mass is 9.86. The Labute approximate surface area is 295 Å². The number of fused-ring (bicyclic) bond motifs is 1. The van der Waals surface area contributed by atoms with Gasteiger partial charge in [0.15, 0.2) is 0 Å². The summed E-state index contributed by atoms with van der Waals surface area (Å²) >= 11 is 1.85. The van der Waals surface area contributed by atoms with Gasteiger partial charge in [-0.15, -0.1) is 11.3 Å². The minimum atomic E-state index is -0.191. The number of amides is 2. The van der Waals surface area contributed by atoms with Crippen molar-refractivity contribution in [1.29, 1.82) is 0 Å². The Morgan fingerprint density at radius 2 is 1.56 bits per heavy atom. The van der Waals surface area contributed by atoms with Crippen molar-refractivity contribution in [3.8, 4) is 5.75 Å². The van der Waals surface area contributed by atoms with Crippen LogP contribution >= 0.6 is 11.3 Å². The molecule has 0 spiro atoms. The van der Waals surface area contributed by atoms with E-state index in [2.05, 4.69) is 47.6 Å². The number of rotatable bonds is 24. The van der Waals surface area contributed by atoms with Crippen LogP contribution in [-0.2, 0) is 33.6 Å². The summed E-state index contributed by atoms with van der Waals surface area (Å²) in [5, 5.41) is 5.16. The molecule has 0 radical (unpaired) electrons. The van der Waals surface area contributed by atoms with E-state index in [-0.39, 0.29) is 17.8 Å². The van der Waals surface area contributed by atoms with Gasteiger partial charge in [-0.2, -0.15) is 0 Å². The molecule has 2 amide bonds. The lowest BCUT2D eigenvalue weighted by Gasteiger charge is -2.35. The second kappa shape index (κ2) is 26.2. The van der Waals surface area contributed by atoms with Gasteiger partial charge in [-0.25, -0.2) is 0 Å². The Hall–Kier alpha value is -2.71. The van der Waals surface area contributed by atoms with Gasteiger partial charge in [0.1, 0.15) is 5.75 Å². The predicted molar refractivity (Wildman–Crippen MR) is 201 cm³/mol. The fourth-order valence-electron chi connectivity index (χ4n) is 6.34. The maximum absolute atomic E-state index is 11.7. The number of carbonyl (C=O) groups is 3. The number of ether oxygens (including phenoxy) is 1. The van der Waals surface area contributed by atoms with Crippen molar-refractivity contribution in [3.63, 3.8) is 0 Å². The average Bonchev–Trinajstić information content (AvgIpc) is 3.61. The Kier molecular flexibility index (Phi) is 22.6. The number of carbonyl (C=O) groups excluding carboxylic acids is 3. The number of esters is 1. The molecule has 1 atom stereocenters. The highest BCUT2D eigenvalue weighted by atomic mass is 32.1. The quantitative estimate of drug-likeness (QED) is 0.0654. The van der Waals surface area contributed by atoms with Crippen LogP contribution in [0.25, 0.3) is 0 Å². The van der Waals surface area contributed by atoms with E-state index in [1.165, 1.54) is 67.4 Å².